The number of furan rings is 1. The van der Waals surface area contributed by atoms with Crippen LogP contribution in [0.1, 0.15) is 12.2 Å². The predicted molar refractivity (Wildman–Crippen MR) is 69.7 cm³/mol. The first-order chi connectivity index (χ1) is 9.42. The summed E-state index contributed by atoms with van der Waals surface area (Å²) in [5, 5.41) is 7.13. The molecule has 1 aliphatic rings. The van der Waals surface area contributed by atoms with Gasteiger partial charge in [0, 0.05) is 19.5 Å². The normalized spacial score (nSPS) is 16.8. The Balaban J connectivity index is 1.48. The zero-order valence-corrected chi connectivity index (χ0v) is 10.8. The molecule has 1 fully saturated rings. The van der Waals surface area contributed by atoms with Crippen molar-refractivity contribution < 1.29 is 9.15 Å². The Kier molecular flexibility index (Phi) is 3.90. The summed E-state index contributed by atoms with van der Waals surface area (Å²) in [7, 11) is 0. The van der Waals surface area contributed by atoms with Crippen molar-refractivity contribution in [2.24, 2.45) is 0 Å². The molecule has 2 aromatic rings. The molecule has 102 valence electrons. The fourth-order valence-electron chi connectivity index (χ4n) is 2.22. The number of hydrogen-bond donors (Lipinski definition) is 1. The summed E-state index contributed by atoms with van der Waals surface area (Å²) in [4.78, 5) is 6.86. The SMILES string of the molecule is c1coc(-c2n[nH]c(CCCN3CCOCC3)n2)c1. The molecule has 0 aromatic carbocycles. The van der Waals surface area contributed by atoms with Crippen molar-refractivity contribution in [2.45, 2.75) is 12.8 Å². The van der Waals surface area contributed by atoms with Gasteiger partial charge in [0.05, 0.1) is 19.5 Å². The molecule has 19 heavy (non-hydrogen) atoms. The van der Waals surface area contributed by atoms with Crippen molar-refractivity contribution in [3.8, 4) is 11.6 Å². The van der Waals surface area contributed by atoms with Crippen LogP contribution in [0.25, 0.3) is 11.6 Å². The van der Waals surface area contributed by atoms with E-state index in [0.29, 0.717) is 11.6 Å². The van der Waals surface area contributed by atoms with Crippen molar-refractivity contribution in [3.05, 3.63) is 24.2 Å². The third kappa shape index (κ3) is 3.21. The van der Waals surface area contributed by atoms with Crippen LogP contribution in [-0.2, 0) is 11.2 Å². The van der Waals surface area contributed by atoms with E-state index >= 15 is 0 Å². The van der Waals surface area contributed by atoms with Gasteiger partial charge in [0.1, 0.15) is 5.82 Å². The molecule has 0 unspecified atom stereocenters. The maximum absolute atomic E-state index is 5.33. The Bertz CT molecular complexity index is 488. The van der Waals surface area contributed by atoms with Crippen molar-refractivity contribution >= 4 is 0 Å². The van der Waals surface area contributed by atoms with Gasteiger partial charge in [-0.2, -0.15) is 5.10 Å². The highest BCUT2D eigenvalue weighted by Crippen LogP contribution is 2.14. The molecule has 0 amide bonds. The fraction of sp³-hybridized carbons (Fsp3) is 0.538. The standard InChI is InChI=1S/C13H18N4O2/c1(5-17-6-9-18-10-7-17)4-12-14-13(16-15-12)11-3-2-8-19-11/h2-3,8H,1,4-7,9-10H2,(H,14,15,16). The zero-order valence-electron chi connectivity index (χ0n) is 10.8. The highest BCUT2D eigenvalue weighted by molar-refractivity contribution is 5.45. The Morgan fingerprint density at radius 2 is 2.21 bits per heavy atom. The number of aromatic nitrogens is 3. The van der Waals surface area contributed by atoms with E-state index in [4.69, 9.17) is 9.15 Å². The monoisotopic (exact) mass is 262 g/mol. The molecule has 6 heteroatoms. The maximum Gasteiger partial charge on any atom is 0.216 e. The molecule has 3 heterocycles. The summed E-state index contributed by atoms with van der Waals surface area (Å²) in [5.41, 5.74) is 0. The molecular formula is C13H18N4O2. The van der Waals surface area contributed by atoms with E-state index in [0.717, 1.165) is 51.5 Å². The third-order valence-corrected chi connectivity index (χ3v) is 3.26. The molecule has 0 spiro atoms. The quantitative estimate of drug-likeness (QED) is 0.880. The summed E-state index contributed by atoms with van der Waals surface area (Å²) in [6.07, 6.45) is 3.61. The molecule has 3 rings (SSSR count). The minimum atomic E-state index is 0.631. The van der Waals surface area contributed by atoms with Gasteiger partial charge in [0.25, 0.3) is 0 Å². The third-order valence-electron chi connectivity index (χ3n) is 3.26. The molecule has 1 N–H and O–H groups in total. The average Bonchev–Trinajstić information content (AvgIpc) is 3.10. The molecule has 2 aromatic heterocycles. The lowest BCUT2D eigenvalue weighted by molar-refractivity contribution is 0.0374. The van der Waals surface area contributed by atoms with Gasteiger partial charge in [0.15, 0.2) is 5.76 Å². The fourth-order valence-corrected chi connectivity index (χ4v) is 2.22. The molecule has 0 radical (unpaired) electrons. The van der Waals surface area contributed by atoms with Crippen LogP contribution in [0.4, 0.5) is 0 Å². The summed E-state index contributed by atoms with van der Waals surface area (Å²) in [5.74, 6) is 2.25. The second-order valence-corrected chi connectivity index (χ2v) is 4.64. The Labute approximate surface area is 111 Å². The van der Waals surface area contributed by atoms with E-state index in [1.165, 1.54) is 0 Å². The Hall–Kier alpha value is -1.66. The minimum Gasteiger partial charge on any atom is -0.461 e. The molecule has 0 bridgehead atoms. The predicted octanol–water partition coefficient (Wildman–Crippen LogP) is 1.33. The number of aromatic amines is 1. The van der Waals surface area contributed by atoms with E-state index in [1.807, 2.05) is 12.1 Å². The van der Waals surface area contributed by atoms with E-state index in [9.17, 15) is 0 Å². The van der Waals surface area contributed by atoms with Crippen LogP contribution in [0, 0.1) is 0 Å². The molecular weight excluding hydrogens is 244 g/mol. The number of hydrogen-bond acceptors (Lipinski definition) is 5. The summed E-state index contributed by atoms with van der Waals surface area (Å²) in [6.45, 7) is 4.86. The van der Waals surface area contributed by atoms with E-state index in [-0.39, 0.29) is 0 Å². The summed E-state index contributed by atoms with van der Waals surface area (Å²) in [6, 6.07) is 3.70. The molecule has 0 aliphatic carbocycles. The van der Waals surface area contributed by atoms with Crippen molar-refractivity contribution in [1.29, 1.82) is 0 Å². The van der Waals surface area contributed by atoms with Crippen molar-refractivity contribution in [1.82, 2.24) is 20.1 Å². The van der Waals surface area contributed by atoms with Crippen LogP contribution in [0.2, 0.25) is 0 Å². The molecule has 1 saturated heterocycles. The van der Waals surface area contributed by atoms with Gasteiger partial charge < -0.3 is 9.15 Å². The number of morpholine rings is 1. The number of nitrogens with one attached hydrogen (secondary N) is 1. The van der Waals surface area contributed by atoms with Crippen LogP contribution in [0.5, 0.6) is 0 Å². The molecule has 0 atom stereocenters. The average molecular weight is 262 g/mol. The number of aryl methyl sites for hydroxylation is 1. The zero-order chi connectivity index (χ0) is 12.9. The van der Waals surface area contributed by atoms with Gasteiger partial charge in [0.2, 0.25) is 5.82 Å². The van der Waals surface area contributed by atoms with E-state index < -0.39 is 0 Å². The van der Waals surface area contributed by atoms with E-state index in [2.05, 4.69) is 20.1 Å². The van der Waals surface area contributed by atoms with Crippen LogP contribution >= 0.6 is 0 Å². The lowest BCUT2D eigenvalue weighted by Gasteiger charge is -2.26. The minimum absolute atomic E-state index is 0.631. The van der Waals surface area contributed by atoms with Gasteiger partial charge in [-0.25, -0.2) is 4.98 Å². The Morgan fingerprint density at radius 1 is 1.32 bits per heavy atom. The first-order valence-electron chi connectivity index (χ1n) is 6.67. The van der Waals surface area contributed by atoms with Gasteiger partial charge in [-0.3, -0.25) is 10.00 Å². The number of H-pyrrole nitrogens is 1. The number of ether oxygens (including phenoxy) is 1. The summed E-state index contributed by atoms with van der Waals surface area (Å²) < 4.78 is 10.6. The lowest BCUT2D eigenvalue weighted by atomic mass is 10.2. The van der Waals surface area contributed by atoms with Crippen LogP contribution < -0.4 is 0 Å². The second-order valence-electron chi connectivity index (χ2n) is 4.64. The van der Waals surface area contributed by atoms with Crippen LogP contribution in [0.3, 0.4) is 0 Å². The van der Waals surface area contributed by atoms with Crippen molar-refractivity contribution in [2.75, 3.05) is 32.8 Å². The smallest absolute Gasteiger partial charge is 0.216 e. The highest BCUT2D eigenvalue weighted by Gasteiger charge is 2.11. The number of rotatable bonds is 5. The van der Waals surface area contributed by atoms with Crippen molar-refractivity contribution in [3.63, 3.8) is 0 Å². The topological polar surface area (TPSA) is 67.2 Å². The van der Waals surface area contributed by atoms with E-state index in [1.54, 1.807) is 6.26 Å². The molecule has 0 saturated carbocycles. The van der Waals surface area contributed by atoms with Gasteiger partial charge in [-0.1, -0.05) is 0 Å². The maximum atomic E-state index is 5.33. The second kappa shape index (κ2) is 5.99. The first-order valence-corrected chi connectivity index (χ1v) is 6.67. The molecule has 1 aliphatic heterocycles. The highest BCUT2D eigenvalue weighted by atomic mass is 16.5. The van der Waals surface area contributed by atoms with Gasteiger partial charge in [-0.15, -0.1) is 0 Å². The Morgan fingerprint density at radius 3 is 3.00 bits per heavy atom. The van der Waals surface area contributed by atoms with Gasteiger partial charge in [-0.05, 0) is 25.1 Å². The van der Waals surface area contributed by atoms with Crippen LogP contribution in [-0.4, -0.2) is 52.9 Å². The van der Waals surface area contributed by atoms with Gasteiger partial charge >= 0.3 is 0 Å². The number of nitrogens with zero attached hydrogens (tertiary/aromatic N) is 3. The molecule has 6 nitrogen and oxygen atoms in total. The first kappa shape index (κ1) is 12.4. The summed E-state index contributed by atoms with van der Waals surface area (Å²) >= 11 is 0. The van der Waals surface area contributed by atoms with Crippen LogP contribution in [0.15, 0.2) is 22.8 Å². The largest absolute Gasteiger partial charge is 0.461 e. The lowest BCUT2D eigenvalue weighted by Crippen LogP contribution is -2.36.